The third kappa shape index (κ3) is 6.93. The number of esters is 1. The first-order valence-electron chi connectivity index (χ1n) is 9.23. The highest BCUT2D eigenvalue weighted by molar-refractivity contribution is 7.89. The summed E-state index contributed by atoms with van der Waals surface area (Å²) in [5.41, 5.74) is 1.73. The van der Waals surface area contributed by atoms with Gasteiger partial charge in [-0.25, -0.2) is 8.42 Å². The van der Waals surface area contributed by atoms with Crippen molar-refractivity contribution < 1.29 is 17.9 Å². The summed E-state index contributed by atoms with van der Waals surface area (Å²) in [6.07, 6.45) is 7.68. The second kappa shape index (κ2) is 11.0. The molecule has 2 rings (SSSR count). The van der Waals surface area contributed by atoms with E-state index in [0.717, 1.165) is 11.1 Å². The van der Waals surface area contributed by atoms with Crippen LogP contribution >= 0.6 is 0 Å². The monoisotopic (exact) mass is 421 g/mol. The molecule has 2 aromatic rings. The molecule has 1 atom stereocenters. The van der Waals surface area contributed by atoms with Gasteiger partial charge >= 0.3 is 5.97 Å². The van der Waals surface area contributed by atoms with Gasteiger partial charge in [0.25, 0.3) is 0 Å². The number of benzene rings is 2. The first kappa shape index (κ1) is 23.0. The van der Waals surface area contributed by atoms with Crippen molar-refractivity contribution in [1.82, 2.24) is 4.31 Å². The zero-order chi connectivity index (χ0) is 22.0. The number of hydrogen-bond acceptors (Lipinski definition) is 4. The molecule has 0 saturated carbocycles. The fraction of sp³-hybridized carbons (Fsp3) is 0.208. The lowest BCUT2D eigenvalue weighted by Crippen LogP contribution is -2.32. The van der Waals surface area contributed by atoms with Crippen LogP contribution in [0.3, 0.4) is 0 Å². The van der Waals surface area contributed by atoms with Gasteiger partial charge in [0.1, 0.15) is 0 Å². The number of carbonyl (C=O) groups excluding carboxylic acids is 1. The number of rotatable bonds is 7. The molecular formula is C24H23NO4S. The summed E-state index contributed by atoms with van der Waals surface area (Å²) >= 11 is 0. The molecule has 0 N–H and O–H groups in total. The molecule has 0 fully saturated rings. The standard InChI is InChI=1S/C24H23NO4S/c1-4-18-25(30(27,28)24-16-12-20(2)13-17-24)19-8-11-23(29-21(3)26)15-14-22-9-6-5-7-10-22/h1,5-13,16-17,23H,18-19H2,2-3H3/b11-8+. The zero-order valence-corrected chi connectivity index (χ0v) is 17.7. The molecule has 0 bridgehead atoms. The lowest BCUT2D eigenvalue weighted by atomic mass is 10.2. The smallest absolute Gasteiger partial charge is 0.304 e. The Labute approximate surface area is 178 Å². The Morgan fingerprint density at radius 2 is 1.83 bits per heavy atom. The minimum atomic E-state index is -3.76. The summed E-state index contributed by atoms with van der Waals surface area (Å²) in [5.74, 6) is 7.68. The van der Waals surface area contributed by atoms with E-state index in [1.54, 1.807) is 36.4 Å². The van der Waals surface area contributed by atoms with E-state index in [4.69, 9.17) is 11.2 Å². The first-order valence-corrected chi connectivity index (χ1v) is 10.7. The maximum Gasteiger partial charge on any atom is 0.304 e. The molecule has 0 spiro atoms. The predicted octanol–water partition coefficient (Wildman–Crippen LogP) is 3.16. The van der Waals surface area contributed by atoms with E-state index in [9.17, 15) is 13.2 Å². The summed E-state index contributed by atoms with van der Waals surface area (Å²) in [6, 6.07) is 15.8. The Bertz CT molecular complexity index is 1090. The van der Waals surface area contributed by atoms with E-state index in [0.29, 0.717) is 0 Å². The Kier molecular flexibility index (Phi) is 8.43. The van der Waals surface area contributed by atoms with Crippen LogP contribution in [0, 0.1) is 31.1 Å². The van der Waals surface area contributed by atoms with Crippen LogP contribution in [0.25, 0.3) is 0 Å². The number of carbonyl (C=O) groups is 1. The third-order valence-corrected chi connectivity index (χ3v) is 5.80. The van der Waals surface area contributed by atoms with Crippen LogP contribution in [0.1, 0.15) is 18.1 Å². The van der Waals surface area contributed by atoms with Crippen LogP contribution in [-0.4, -0.2) is 37.9 Å². The lowest BCUT2D eigenvalue weighted by molar-refractivity contribution is -0.142. The molecule has 6 heteroatoms. The Morgan fingerprint density at radius 3 is 2.43 bits per heavy atom. The number of hydrogen-bond donors (Lipinski definition) is 0. The molecule has 0 aliphatic heterocycles. The topological polar surface area (TPSA) is 63.7 Å². The van der Waals surface area contributed by atoms with E-state index in [1.165, 1.54) is 11.2 Å². The molecule has 0 aliphatic carbocycles. The minimum Gasteiger partial charge on any atom is -0.445 e. The van der Waals surface area contributed by atoms with Gasteiger partial charge in [-0.05, 0) is 43.2 Å². The fourth-order valence-corrected chi connectivity index (χ4v) is 3.79. The largest absolute Gasteiger partial charge is 0.445 e. The van der Waals surface area contributed by atoms with E-state index in [2.05, 4.69) is 17.8 Å². The van der Waals surface area contributed by atoms with Gasteiger partial charge in [-0.15, -0.1) is 6.42 Å². The normalized spacial score (nSPS) is 12.1. The van der Waals surface area contributed by atoms with Crippen molar-refractivity contribution in [3.8, 4) is 24.2 Å². The molecule has 0 amide bonds. The van der Waals surface area contributed by atoms with Crippen LogP contribution in [-0.2, 0) is 19.6 Å². The highest BCUT2D eigenvalue weighted by Gasteiger charge is 2.22. The van der Waals surface area contributed by atoms with Gasteiger partial charge in [0.2, 0.25) is 10.0 Å². The lowest BCUT2D eigenvalue weighted by Gasteiger charge is -2.18. The summed E-state index contributed by atoms with van der Waals surface area (Å²) in [7, 11) is -3.76. The van der Waals surface area contributed by atoms with E-state index in [-0.39, 0.29) is 18.0 Å². The van der Waals surface area contributed by atoms with Gasteiger partial charge in [0.05, 0.1) is 11.4 Å². The van der Waals surface area contributed by atoms with Crippen LogP contribution < -0.4 is 0 Å². The summed E-state index contributed by atoms with van der Waals surface area (Å²) in [6.45, 7) is 3.10. The molecule has 0 aromatic heterocycles. The van der Waals surface area contributed by atoms with Crippen molar-refractivity contribution >= 4 is 16.0 Å². The molecule has 30 heavy (non-hydrogen) atoms. The molecule has 0 radical (unpaired) electrons. The van der Waals surface area contributed by atoms with Gasteiger partial charge in [0.15, 0.2) is 6.10 Å². The van der Waals surface area contributed by atoms with Crippen molar-refractivity contribution in [2.75, 3.05) is 13.1 Å². The zero-order valence-electron chi connectivity index (χ0n) is 16.9. The third-order valence-electron chi connectivity index (χ3n) is 3.97. The summed E-state index contributed by atoms with van der Waals surface area (Å²) in [5, 5.41) is 0. The maximum atomic E-state index is 12.9. The van der Waals surface area contributed by atoms with Crippen molar-refractivity contribution in [2.24, 2.45) is 0 Å². The van der Waals surface area contributed by atoms with Crippen molar-refractivity contribution in [3.05, 3.63) is 77.9 Å². The number of sulfonamides is 1. The number of ether oxygens (including phenoxy) is 1. The molecule has 5 nitrogen and oxygen atoms in total. The van der Waals surface area contributed by atoms with E-state index < -0.39 is 22.1 Å². The fourth-order valence-electron chi connectivity index (χ4n) is 2.48. The Hall–Kier alpha value is -3.32. The molecule has 0 heterocycles. The average molecular weight is 422 g/mol. The number of terminal acetylenes is 1. The minimum absolute atomic E-state index is 0.0190. The van der Waals surface area contributed by atoms with Gasteiger partial charge in [0, 0.05) is 19.0 Å². The van der Waals surface area contributed by atoms with E-state index in [1.807, 2.05) is 37.3 Å². The molecular weight excluding hydrogens is 398 g/mol. The summed E-state index contributed by atoms with van der Waals surface area (Å²) < 4.78 is 32.1. The quantitative estimate of drug-likeness (QED) is 0.391. The van der Waals surface area contributed by atoms with Gasteiger partial charge in [-0.1, -0.05) is 53.8 Å². The second-order valence-electron chi connectivity index (χ2n) is 6.41. The van der Waals surface area contributed by atoms with Gasteiger partial charge < -0.3 is 4.74 Å². The summed E-state index contributed by atoms with van der Waals surface area (Å²) in [4.78, 5) is 11.5. The molecule has 0 saturated heterocycles. The molecule has 0 aliphatic rings. The van der Waals surface area contributed by atoms with Crippen molar-refractivity contribution in [2.45, 2.75) is 24.8 Å². The van der Waals surface area contributed by atoms with Crippen LogP contribution in [0.15, 0.2) is 71.6 Å². The number of aryl methyl sites for hydroxylation is 1. The van der Waals surface area contributed by atoms with Gasteiger partial charge in [-0.2, -0.15) is 4.31 Å². The molecule has 2 aromatic carbocycles. The Morgan fingerprint density at radius 1 is 1.17 bits per heavy atom. The second-order valence-corrected chi connectivity index (χ2v) is 8.35. The van der Waals surface area contributed by atoms with Crippen molar-refractivity contribution in [3.63, 3.8) is 0 Å². The van der Waals surface area contributed by atoms with Crippen LogP contribution in [0.4, 0.5) is 0 Å². The van der Waals surface area contributed by atoms with Crippen LogP contribution in [0.5, 0.6) is 0 Å². The van der Waals surface area contributed by atoms with Crippen molar-refractivity contribution in [1.29, 1.82) is 0 Å². The van der Waals surface area contributed by atoms with E-state index >= 15 is 0 Å². The average Bonchev–Trinajstić information content (AvgIpc) is 2.72. The number of nitrogens with zero attached hydrogens (tertiary/aromatic N) is 1. The molecule has 154 valence electrons. The Balaban J connectivity index is 2.19. The predicted molar refractivity (Wildman–Crippen MR) is 117 cm³/mol. The van der Waals surface area contributed by atoms with Gasteiger partial charge in [-0.3, -0.25) is 4.79 Å². The highest BCUT2D eigenvalue weighted by atomic mass is 32.2. The first-order chi connectivity index (χ1) is 14.3. The maximum absolute atomic E-state index is 12.9. The van der Waals surface area contributed by atoms with Crippen LogP contribution in [0.2, 0.25) is 0 Å². The molecule has 1 unspecified atom stereocenters. The highest BCUT2D eigenvalue weighted by Crippen LogP contribution is 2.16. The SMILES string of the molecule is C#CCN(C/C=C/C(C#Cc1ccccc1)OC(C)=O)S(=O)(=O)c1ccc(C)cc1.